The predicted octanol–water partition coefficient (Wildman–Crippen LogP) is 4.37. The Kier molecular flexibility index (Phi) is 7.15. The molecule has 2 N–H and O–H groups in total. The van der Waals surface area contributed by atoms with Crippen molar-refractivity contribution in [1.29, 1.82) is 5.26 Å². The van der Waals surface area contributed by atoms with Gasteiger partial charge in [-0.2, -0.15) is 15.5 Å². The topological polar surface area (TPSA) is 113 Å². The van der Waals surface area contributed by atoms with Crippen molar-refractivity contribution in [3.63, 3.8) is 0 Å². The Morgan fingerprint density at radius 3 is 2.61 bits per heavy atom. The van der Waals surface area contributed by atoms with Gasteiger partial charge in [-0.1, -0.05) is 13.0 Å². The maximum atomic E-state index is 11.8. The molecular formula is C27H30N8O. The van der Waals surface area contributed by atoms with E-state index in [9.17, 15) is 10.1 Å². The lowest BCUT2D eigenvalue weighted by Gasteiger charge is -2.11. The fraction of sp³-hybridized carbons (Fsp3) is 0.296. The second-order valence-electron chi connectivity index (χ2n) is 8.98. The van der Waals surface area contributed by atoms with Gasteiger partial charge in [0.25, 0.3) is 0 Å². The van der Waals surface area contributed by atoms with Crippen LogP contribution >= 0.6 is 0 Å². The molecule has 1 amide bonds. The summed E-state index contributed by atoms with van der Waals surface area (Å²) in [6.45, 7) is 12.6. The minimum Gasteiger partial charge on any atom is -0.368 e. The summed E-state index contributed by atoms with van der Waals surface area (Å²) in [7, 11) is 0. The number of nitrogens with one attached hydrogen (secondary N) is 2. The van der Waals surface area contributed by atoms with E-state index in [1.807, 2.05) is 36.1 Å². The average Bonchev–Trinajstić information content (AvgIpc) is 3.49. The van der Waals surface area contributed by atoms with Gasteiger partial charge in [0.1, 0.15) is 11.9 Å². The van der Waals surface area contributed by atoms with E-state index >= 15 is 0 Å². The van der Waals surface area contributed by atoms with Crippen molar-refractivity contribution in [3.05, 3.63) is 66.9 Å². The van der Waals surface area contributed by atoms with Crippen molar-refractivity contribution in [1.82, 2.24) is 29.7 Å². The SMILES string of the molecule is C=CC(C)C(=O)NCCNc1ccc(-c2cc(-c3cn(C(C)C)nc3C)cn3ncc(C#N)c23)cn1. The summed E-state index contributed by atoms with van der Waals surface area (Å²) in [5, 5.41) is 24.8. The van der Waals surface area contributed by atoms with Crippen LogP contribution < -0.4 is 10.6 Å². The van der Waals surface area contributed by atoms with E-state index in [-0.39, 0.29) is 17.9 Å². The van der Waals surface area contributed by atoms with E-state index in [0.29, 0.717) is 24.5 Å². The highest BCUT2D eigenvalue weighted by atomic mass is 16.1. The van der Waals surface area contributed by atoms with Crippen LogP contribution in [0, 0.1) is 24.2 Å². The van der Waals surface area contributed by atoms with Crippen molar-refractivity contribution in [2.45, 2.75) is 33.7 Å². The monoisotopic (exact) mass is 482 g/mol. The van der Waals surface area contributed by atoms with Crippen molar-refractivity contribution >= 4 is 17.2 Å². The second kappa shape index (κ2) is 10.4. The first-order valence-electron chi connectivity index (χ1n) is 11.9. The maximum Gasteiger partial charge on any atom is 0.226 e. The van der Waals surface area contributed by atoms with E-state index < -0.39 is 0 Å². The lowest BCUT2D eigenvalue weighted by molar-refractivity contribution is -0.123. The molecule has 1 atom stereocenters. The predicted molar refractivity (Wildman–Crippen MR) is 140 cm³/mol. The van der Waals surface area contributed by atoms with E-state index in [1.165, 1.54) is 0 Å². The molecule has 184 valence electrons. The molecule has 0 aliphatic heterocycles. The summed E-state index contributed by atoms with van der Waals surface area (Å²) >= 11 is 0. The van der Waals surface area contributed by atoms with E-state index in [4.69, 9.17) is 0 Å². The zero-order chi connectivity index (χ0) is 25.8. The van der Waals surface area contributed by atoms with Gasteiger partial charge in [0.05, 0.1) is 28.9 Å². The van der Waals surface area contributed by atoms with Crippen LogP contribution in [0.5, 0.6) is 0 Å². The van der Waals surface area contributed by atoms with Crippen molar-refractivity contribution in [3.8, 4) is 28.3 Å². The fourth-order valence-corrected chi connectivity index (χ4v) is 3.90. The number of aryl methyl sites for hydroxylation is 1. The summed E-state index contributed by atoms with van der Waals surface area (Å²) < 4.78 is 3.69. The third kappa shape index (κ3) is 4.98. The molecule has 0 aliphatic carbocycles. The summed E-state index contributed by atoms with van der Waals surface area (Å²) in [5.41, 5.74) is 5.86. The minimum absolute atomic E-state index is 0.0534. The number of anilines is 1. The fourth-order valence-electron chi connectivity index (χ4n) is 3.90. The summed E-state index contributed by atoms with van der Waals surface area (Å²) in [6.07, 6.45) is 8.94. The highest BCUT2D eigenvalue weighted by Crippen LogP contribution is 2.33. The van der Waals surface area contributed by atoms with Crippen molar-refractivity contribution in [2.75, 3.05) is 18.4 Å². The van der Waals surface area contributed by atoms with E-state index in [1.54, 1.807) is 29.9 Å². The quantitative estimate of drug-likeness (QED) is 0.271. The lowest BCUT2D eigenvalue weighted by atomic mass is 10.0. The van der Waals surface area contributed by atoms with Gasteiger partial charge >= 0.3 is 0 Å². The van der Waals surface area contributed by atoms with Crippen LogP contribution in [0.25, 0.3) is 27.8 Å². The Labute approximate surface area is 210 Å². The molecule has 36 heavy (non-hydrogen) atoms. The van der Waals surface area contributed by atoms with Crippen LogP contribution in [0.3, 0.4) is 0 Å². The standard InChI is InChI=1S/C27H30N8O/c1-6-18(4)27(36)30-10-9-29-25-8-7-20(13-31-25)23-11-21(15-35-26(23)22(12-28)14-32-35)24-16-34(17(2)3)33-19(24)5/h6-8,11,13-18H,1,9-10H2,2-5H3,(H,29,31)(H,30,36). The van der Waals surface area contributed by atoms with Gasteiger partial charge in [-0.15, -0.1) is 6.58 Å². The first kappa shape index (κ1) is 24.7. The Morgan fingerprint density at radius 2 is 1.97 bits per heavy atom. The molecule has 0 bridgehead atoms. The number of fused-ring (bicyclic) bond motifs is 1. The van der Waals surface area contributed by atoms with Crippen LogP contribution in [0.1, 0.15) is 38.1 Å². The molecule has 4 rings (SSSR count). The molecule has 0 saturated heterocycles. The summed E-state index contributed by atoms with van der Waals surface area (Å²) in [4.78, 5) is 16.4. The Hall–Kier alpha value is -4.45. The van der Waals surface area contributed by atoms with Crippen molar-refractivity contribution < 1.29 is 4.79 Å². The van der Waals surface area contributed by atoms with Crippen LogP contribution in [-0.4, -0.2) is 43.4 Å². The zero-order valence-electron chi connectivity index (χ0n) is 21.0. The Bertz CT molecular complexity index is 1440. The number of nitrogens with zero attached hydrogens (tertiary/aromatic N) is 6. The largest absolute Gasteiger partial charge is 0.368 e. The first-order chi connectivity index (χ1) is 17.3. The van der Waals surface area contributed by atoms with Gasteiger partial charge in [0.15, 0.2) is 0 Å². The van der Waals surface area contributed by atoms with Gasteiger partial charge in [-0.25, -0.2) is 9.50 Å². The molecule has 0 fully saturated rings. The lowest BCUT2D eigenvalue weighted by Crippen LogP contribution is -2.32. The molecule has 9 heteroatoms. The van der Waals surface area contributed by atoms with Crippen LogP contribution in [-0.2, 0) is 4.79 Å². The van der Waals surface area contributed by atoms with Crippen molar-refractivity contribution in [2.24, 2.45) is 5.92 Å². The number of nitriles is 1. The molecular weight excluding hydrogens is 452 g/mol. The van der Waals surface area contributed by atoms with Gasteiger partial charge in [-0.05, 0) is 39.0 Å². The molecule has 0 saturated carbocycles. The third-order valence-corrected chi connectivity index (χ3v) is 6.06. The molecule has 0 spiro atoms. The molecule has 4 aromatic rings. The molecule has 4 aromatic heterocycles. The molecule has 0 aliphatic rings. The van der Waals surface area contributed by atoms with Gasteiger partial charge < -0.3 is 10.6 Å². The molecule has 0 aromatic carbocycles. The highest BCUT2D eigenvalue weighted by molar-refractivity contribution is 5.87. The maximum absolute atomic E-state index is 11.8. The summed E-state index contributed by atoms with van der Waals surface area (Å²) in [6, 6.07) is 8.40. The van der Waals surface area contributed by atoms with Crippen LogP contribution in [0.2, 0.25) is 0 Å². The number of amides is 1. The Morgan fingerprint density at radius 1 is 1.17 bits per heavy atom. The normalized spacial score (nSPS) is 11.9. The molecule has 0 radical (unpaired) electrons. The second-order valence-corrected chi connectivity index (χ2v) is 8.98. The highest BCUT2D eigenvalue weighted by Gasteiger charge is 2.17. The van der Waals surface area contributed by atoms with Crippen LogP contribution in [0.15, 0.2) is 55.6 Å². The minimum atomic E-state index is -0.222. The average molecular weight is 483 g/mol. The molecule has 4 heterocycles. The van der Waals surface area contributed by atoms with Gasteiger partial charge in [0, 0.05) is 60.0 Å². The Balaban J connectivity index is 1.61. The number of carbonyl (C=O) groups excluding carboxylic acids is 1. The summed E-state index contributed by atoms with van der Waals surface area (Å²) in [5.74, 6) is 0.419. The van der Waals surface area contributed by atoms with Crippen LogP contribution in [0.4, 0.5) is 5.82 Å². The first-order valence-corrected chi connectivity index (χ1v) is 11.9. The van der Waals surface area contributed by atoms with E-state index in [0.717, 1.165) is 33.5 Å². The molecule has 1 unspecified atom stereocenters. The third-order valence-electron chi connectivity index (χ3n) is 6.06. The number of aromatic nitrogens is 5. The van der Waals surface area contributed by atoms with Gasteiger partial charge in [0.2, 0.25) is 5.91 Å². The smallest absolute Gasteiger partial charge is 0.226 e. The van der Waals surface area contributed by atoms with Gasteiger partial charge in [-0.3, -0.25) is 9.48 Å². The number of hydrogen-bond donors (Lipinski definition) is 2. The van der Waals surface area contributed by atoms with E-state index in [2.05, 4.69) is 58.4 Å². The molecule has 9 nitrogen and oxygen atoms in total. The number of hydrogen-bond acceptors (Lipinski definition) is 6. The number of carbonyl (C=O) groups is 1. The number of pyridine rings is 2. The zero-order valence-corrected chi connectivity index (χ0v) is 21.0. The number of rotatable bonds is 9.